The lowest BCUT2D eigenvalue weighted by molar-refractivity contribution is 0.0471. The summed E-state index contributed by atoms with van der Waals surface area (Å²) in [6.45, 7) is 7.92. The summed E-state index contributed by atoms with van der Waals surface area (Å²) in [5.74, 6) is 3.07. The van der Waals surface area contributed by atoms with Crippen LogP contribution in [0.5, 0.6) is 5.75 Å². The van der Waals surface area contributed by atoms with Crippen LogP contribution in [0.1, 0.15) is 62.9 Å². The highest BCUT2D eigenvalue weighted by Crippen LogP contribution is 2.31. The van der Waals surface area contributed by atoms with E-state index in [2.05, 4.69) is 42.3 Å². The molecule has 6 heteroatoms. The SMILES string of the molecule is COc1ccccc1C[C@H](C)N[C@H](c1nc(C(C)C)no1)C1CCOCC1. The van der Waals surface area contributed by atoms with Gasteiger partial charge in [0.25, 0.3) is 0 Å². The van der Waals surface area contributed by atoms with Gasteiger partial charge in [-0.15, -0.1) is 0 Å². The highest BCUT2D eigenvalue weighted by Gasteiger charge is 2.31. The van der Waals surface area contributed by atoms with Gasteiger partial charge in [0.15, 0.2) is 5.82 Å². The molecule has 1 aliphatic rings. The van der Waals surface area contributed by atoms with Gasteiger partial charge in [-0.25, -0.2) is 0 Å². The minimum absolute atomic E-state index is 0.0404. The molecule has 6 nitrogen and oxygen atoms in total. The average Bonchev–Trinajstić information content (AvgIpc) is 3.17. The van der Waals surface area contributed by atoms with Crippen molar-refractivity contribution in [1.82, 2.24) is 15.5 Å². The third-order valence-electron chi connectivity index (χ3n) is 5.16. The molecule has 148 valence electrons. The molecule has 1 aromatic carbocycles. The molecule has 1 fully saturated rings. The van der Waals surface area contributed by atoms with Crippen LogP contribution in [0.3, 0.4) is 0 Å². The molecule has 1 aromatic heterocycles. The first-order valence-electron chi connectivity index (χ1n) is 9.87. The van der Waals surface area contributed by atoms with E-state index in [0.29, 0.717) is 11.8 Å². The zero-order valence-corrected chi connectivity index (χ0v) is 16.8. The highest BCUT2D eigenvalue weighted by molar-refractivity contribution is 5.33. The Morgan fingerprint density at radius 3 is 2.59 bits per heavy atom. The van der Waals surface area contributed by atoms with Gasteiger partial charge in [0.05, 0.1) is 13.2 Å². The summed E-state index contributed by atoms with van der Waals surface area (Å²) in [5.41, 5.74) is 1.19. The monoisotopic (exact) mass is 373 g/mol. The molecular formula is C21H31N3O3. The van der Waals surface area contributed by atoms with Crippen molar-refractivity contribution in [1.29, 1.82) is 0 Å². The lowest BCUT2D eigenvalue weighted by Crippen LogP contribution is -2.38. The first-order valence-corrected chi connectivity index (χ1v) is 9.87. The summed E-state index contributed by atoms with van der Waals surface area (Å²) >= 11 is 0. The number of hydrogen-bond donors (Lipinski definition) is 1. The molecule has 0 bridgehead atoms. The molecule has 0 saturated carbocycles. The molecule has 1 aliphatic heterocycles. The Labute approximate surface area is 161 Å². The molecule has 0 radical (unpaired) electrons. The van der Waals surface area contributed by atoms with Gasteiger partial charge in [-0.3, -0.25) is 0 Å². The molecule has 1 saturated heterocycles. The van der Waals surface area contributed by atoms with Crippen LogP contribution in [0.15, 0.2) is 28.8 Å². The van der Waals surface area contributed by atoms with Gasteiger partial charge in [0.1, 0.15) is 5.75 Å². The minimum Gasteiger partial charge on any atom is -0.496 e. The maximum atomic E-state index is 5.65. The molecule has 2 atom stereocenters. The van der Waals surface area contributed by atoms with E-state index in [-0.39, 0.29) is 18.0 Å². The maximum Gasteiger partial charge on any atom is 0.244 e. The van der Waals surface area contributed by atoms with E-state index in [9.17, 15) is 0 Å². The zero-order valence-electron chi connectivity index (χ0n) is 16.8. The second-order valence-electron chi connectivity index (χ2n) is 7.66. The molecule has 0 aliphatic carbocycles. The normalized spacial score (nSPS) is 17.8. The average molecular weight is 373 g/mol. The maximum absolute atomic E-state index is 5.65. The van der Waals surface area contributed by atoms with Gasteiger partial charge in [-0.1, -0.05) is 37.2 Å². The Balaban J connectivity index is 1.75. The van der Waals surface area contributed by atoms with E-state index >= 15 is 0 Å². The summed E-state index contributed by atoms with van der Waals surface area (Å²) in [6.07, 6.45) is 2.87. The second-order valence-corrected chi connectivity index (χ2v) is 7.66. The van der Waals surface area contributed by atoms with E-state index in [1.54, 1.807) is 7.11 Å². The van der Waals surface area contributed by atoms with Crippen LogP contribution in [0.2, 0.25) is 0 Å². The number of methoxy groups -OCH3 is 1. The van der Waals surface area contributed by atoms with Gasteiger partial charge in [-0.2, -0.15) is 4.98 Å². The Morgan fingerprint density at radius 2 is 1.93 bits per heavy atom. The number of ether oxygens (including phenoxy) is 2. The summed E-state index contributed by atoms with van der Waals surface area (Å²) < 4.78 is 16.7. The molecular weight excluding hydrogens is 342 g/mol. The molecule has 27 heavy (non-hydrogen) atoms. The van der Waals surface area contributed by atoms with E-state index in [0.717, 1.165) is 44.1 Å². The Bertz CT molecular complexity index is 710. The fraction of sp³-hybridized carbons (Fsp3) is 0.619. The molecule has 1 N–H and O–H groups in total. The van der Waals surface area contributed by atoms with Gasteiger partial charge in [0.2, 0.25) is 5.89 Å². The number of hydrogen-bond acceptors (Lipinski definition) is 6. The first-order chi connectivity index (χ1) is 13.1. The Morgan fingerprint density at radius 1 is 1.19 bits per heavy atom. The molecule has 0 spiro atoms. The fourth-order valence-electron chi connectivity index (χ4n) is 3.63. The van der Waals surface area contributed by atoms with Crippen molar-refractivity contribution in [2.75, 3.05) is 20.3 Å². The number of nitrogens with zero attached hydrogens (tertiary/aromatic N) is 2. The topological polar surface area (TPSA) is 69.4 Å². The largest absolute Gasteiger partial charge is 0.496 e. The zero-order chi connectivity index (χ0) is 19.2. The second kappa shape index (κ2) is 9.33. The quantitative estimate of drug-likeness (QED) is 0.757. The van der Waals surface area contributed by atoms with Crippen molar-refractivity contribution in [3.8, 4) is 5.75 Å². The summed E-state index contributed by atoms with van der Waals surface area (Å²) in [5, 5.41) is 7.92. The van der Waals surface area contributed by atoms with E-state index in [4.69, 9.17) is 14.0 Å². The predicted molar refractivity (Wildman–Crippen MR) is 104 cm³/mol. The Hall–Kier alpha value is -1.92. The smallest absolute Gasteiger partial charge is 0.244 e. The first kappa shape index (κ1) is 19.8. The van der Waals surface area contributed by atoms with Crippen LogP contribution in [0.25, 0.3) is 0 Å². The van der Waals surface area contributed by atoms with Gasteiger partial charge < -0.3 is 19.3 Å². The van der Waals surface area contributed by atoms with Crippen LogP contribution < -0.4 is 10.1 Å². The van der Waals surface area contributed by atoms with E-state index in [1.807, 2.05) is 18.2 Å². The van der Waals surface area contributed by atoms with Crippen LogP contribution in [-0.4, -0.2) is 36.5 Å². The molecule has 0 unspecified atom stereocenters. The van der Waals surface area contributed by atoms with Crippen LogP contribution in [0, 0.1) is 5.92 Å². The highest BCUT2D eigenvalue weighted by atomic mass is 16.5. The van der Waals surface area contributed by atoms with Crippen molar-refractivity contribution >= 4 is 0 Å². The molecule has 3 rings (SSSR count). The van der Waals surface area contributed by atoms with Crippen molar-refractivity contribution < 1.29 is 14.0 Å². The minimum atomic E-state index is 0.0404. The standard InChI is InChI=1S/C21H31N3O3/c1-14(2)20-23-21(27-24-20)19(16-9-11-26-12-10-16)22-15(3)13-17-7-5-6-8-18(17)25-4/h5-8,14-16,19,22H,9-13H2,1-4H3/t15-,19-/m0/s1. The van der Waals surface area contributed by atoms with Gasteiger partial charge >= 0.3 is 0 Å². The predicted octanol–water partition coefficient (Wildman–Crippen LogP) is 3.89. The summed E-state index contributed by atoms with van der Waals surface area (Å²) in [6, 6.07) is 8.45. The summed E-state index contributed by atoms with van der Waals surface area (Å²) in [4.78, 5) is 4.67. The number of nitrogens with one attached hydrogen (secondary N) is 1. The van der Waals surface area contributed by atoms with E-state index in [1.165, 1.54) is 5.56 Å². The number of rotatable bonds is 8. The van der Waals surface area contributed by atoms with Crippen molar-refractivity contribution in [3.05, 3.63) is 41.5 Å². The molecule has 0 amide bonds. The lowest BCUT2D eigenvalue weighted by Gasteiger charge is -2.31. The molecule has 2 heterocycles. The van der Waals surface area contributed by atoms with Crippen LogP contribution in [0.4, 0.5) is 0 Å². The lowest BCUT2D eigenvalue weighted by atomic mass is 9.90. The number of aromatic nitrogens is 2. The van der Waals surface area contributed by atoms with Crippen LogP contribution in [-0.2, 0) is 11.2 Å². The van der Waals surface area contributed by atoms with E-state index < -0.39 is 0 Å². The third-order valence-corrected chi connectivity index (χ3v) is 5.16. The third kappa shape index (κ3) is 5.08. The van der Waals surface area contributed by atoms with Gasteiger partial charge in [0, 0.05) is 25.2 Å². The fourth-order valence-corrected chi connectivity index (χ4v) is 3.63. The van der Waals surface area contributed by atoms with Gasteiger partial charge in [-0.05, 0) is 43.7 Å². The van der Waals surface area contributed by atoms with Crippen LogP contribution >= 0.6 is 0 Å². The summed E-state index contributed by atoms with van der Waals surface area (Å²) in [7, 11) is 1.72. The van der Waals surface area contributed by atoms with Crippen molar-refractivity contribution in [2.45, 2.75) is 58.0 Å². The van der Waals surface area contributed by atoms with Crippen molar-refractivity contribution in [2.24, 2.45) is 5.92 Å². The molecule has 2 aromatic rings. The number of para-hydroxylation sites is 1. The number of benzene rings is 1. The van der Waals surface area contributed by atoms with Crippen molar-refractivity contribution in [3.63, 3.8) is 0 Å². The Kier molecular flexibility index (Phi) is 6.85.